The molecule has 3 N–H and O–H groups in total. The zero-order valence-corrected chi connectivity index (χ0v) is 12.5. The topological polar surface area (TPSA) is 47.3 Å². The maximum Gasteiger partial charge on any atom is 0.119 e. The van der Waals surface area contributed by atoms with E-state index in [1.807, 2.05) is 0 Å². The SMILES string of the molecule is COc1ccc2c(c1)C(CN)(NCCC1CC1)CCC2. The van der Waals surface area contributed by atoms with Gasteiger partial charge >= 0.3 is 0 Å². The molecule has 1 atom stereocenters. The number of benzene rings is 1. The van der Waals surface area contributed by atoms with Gasteiger partial charge in [-0.2, -0.15) is 0 Å². The Balaban J connectivity index is 1.82. The van der Waals surface area contributed by atoms with Gasteiger partial charge in [-0.1, -0.05) is 18.9 Å². The molecule has 0 amide bonds. The van der Waals surface area contributed by atoms with Crippen molar-refractivity contribution in [3.63, 3.8) is 0 Å². The molecule has 0 radical (unpaired) electrons. The van der Waals surface area contributed by atoms with Gasteiger partial charge < -0.3 is 15.8 Å². The highest BCUT2D eigenvalue weighted by Crippen LogP contribution is 2.37. The molecular weight excluding hydrogens is 248 g/mol. The summed E-state index contributed by atoms with van der Waals surface area (Å²) in [5.74, 6) is 1.90. The Morgan fingerprint density at radius 3 is 2.95 bits per heavy atom. The van der Waals surface area contributed by atoms with E-state index in [-0.39, 0.29) is 5.54 Å². The van der Waals surface area contributed by atoms with E-state index >= 15 is 0 Å². The lowest BCUT2D eigenvalue weighted by molar-refractivity contribution is 0.288. The number of aryl methyl sites for hydroxylation is 1. The van der Waals surface area contributed by atoms with Crippen molar-refractivity contribution in [3.8, 4) is 5.75 Å². The number of rotatable bonds is 6. The van der Waals surface area contributed by atoms with Crippen LogP contribution in [-0.4, -0.2) is 20.2 Å². The van der Waals surface area contributed by atoms with Gasteiger partial charge in [0.15, 0.2) is 0 Å². The highest BCUT2D eigenvalue weighted by atomic mass is 16.5. The predicted octanol–water partition coefficient (Wildman–Crippen LogP) is 2.58. The monoisotopic (exact) mass is 274 g/mol. The Bertz CT molecular complexity index is 470. The second-order valence-electron chi connectivity index (χ2n) is 6.32. The molecule has 1 unspecified atom stereocenters. The smallest absolute Gasteiger partial charge is 0.119 e. The van der Waals surface area contributed by atoms with Crippen molar-refractivity contribution in [1.82, 2.24) is 5.32 Å². The molecule has 20 heavy (non-hydrogen) atoms. The van der Waals surface area contributed by atoms with E-state index in [4.69, 9.17) is 10.5 Å². The molecule has 0 bridgehead atoms. The van der Waals surface area contributed by atoms with Crippen LogP contribution in [0.3, 0.4) is 0 Å². The maximum absolute atomic E-state index is 6.17. The normalized spacial score (nSPS) is 25.3. The van der Waals surface area contributed by atoms with Crippen LogP contribution in [0.5, 0.6) is 5.75 Å². The average molecular weight is 274 g/mol. The molecule has 1 aromatic carbocycles. The van der Waals surface area contributed by atoms with Gasteiger partial charge in [-0.25, -0.2) is 0 Å². The Labute approximate surface area is 121 Å². The summed E-state index contributed by atoms with van der Waals surface area (Å²) in [7, 11) is 1.73. The summed E-state index contributed by atoms with van der Waals surface area (Å²) in [5, 5.41) is 3.78. The first-order chi connectivity index (χ1) is 9.77. The van der Waals surface area contributed by atoms with Crippen molar-refractivity contribution >= 4 is 0 Å². The molecule has 3 nitrogen and oxygen atoms in total. The number of ether oxygens (including phenoxy) is 1. The van der Waals surface area contributed by atoms with Crippen LogP contribution < -0.4 is 15.8 Å². The maximum atomic E-state index is 6.17. The van der Waals surface area contributed by atoms with E-state index in [1.54, 1.807) is 7.11 Å². The molecule has 2 aliphatic rings. The lowest BCUT2D eigenvalue weighted by atomic mass is 9.76. The van der Waals surface area contributed by atoms with Gasteiger partial charge in [-0.05, 0) is 61.4 Å². The Morgan fingerprint density at radius 2 is 2.25 bits per heavy atom. The largest absolute Gasteiger partial charge is 0.497 e. The van der Waals surface area contributed by atoms with Crippen LogP contribution in [-0.2, 0) is 12.0 Å². The van der Waals surface area contributed by atoms with Gasteiger partial charge in [-0.15, -0.1) is 0 Å². The third-order valence-electron chi connectivity index (χ3n) is 4.94. The predicted molar refractivity (Wildman–Crippen MR) is 82.0 cm³/mol. The van der Waals surface area contributed by atoms with Crippen molar-refractivity contribution in [2.75, 3.05) is 20.2 Å². The zero-order chi connectivity index (χ0) is 14.0. The van der Waals surface area contributed by atoms with Gasteiger partial charge in [0, 0.05) is 6.54 Å². The molecule has 110 valence electrons. The summed E-state index contributed by atoms with van der Waals surface area (Å²) >= 11 is 0. The van der Waals surface area contributed by atoms with Crippen LogP contribution in [0, 0.1) is 5.92 Å². The summed E-state index contributed by atoms with van der Waals surface area (Å²) in [4.78, 5) is 0. The van der Waals surface area contributed by atoms with E-state index in [1.165, 1.54) is 36.8 Å². The quantitative estimate of drug-likeness (QED) is 0.838. The average Bonchev–Trinajstić information content (AvgIpc) is 3.31. The second-order valence-corrected chi connectivity index (χ2v) is 6.32. The summed E-state index contributed by atoms with van der Waals surface area (Å²) in [6.45, 7) is 1.75. The fourth-order valence-corrected chi connectivity index (χ4v) is 3.45. The first kappa shape index (κ1) is 13.9. The van der Waals surface area contributed by atoms with Crippen LogP contribution in [0.4, 0.5) is 0 Å². The first-order valence-corrected chi connectivity index (χ1v) is 7.90. The fraction of sp³-hybridized carbons (Fsp3) is 0.647. The van der Waals surface area contributed by atoms with Gasteiger partial charge in [-0.3, -0.25) is 0 Å². The molecule has 2 aliphatic carbocycles. The van der Waals surface area contributed by atoms with Crippen LogP contribution >= 0.6 is 0 Å². The van der Waals surface area contributed by atoms with Gasteiger partial charge in [0.25, 0.3) is 0 Å². The molecular formula is C17H26N2O. The van der Waals surface area contributed by atoms with E-state index < -0.39 is 0 Å². The van der Waals surface area contributed by atoms with Crippen molar-refractivity contribution in [2.45, 2.75) is 44.1 Å². The number of nitrogens with two attached hydrogens (primary N) is 1. The molecule has 1 aromatic rings. The van der Waals surface area contributed by atoms with Crippen LogP contribution in [0.1, 0.15) is 43.2 Å². The highest BCUT2D eigenvalue weighted by Gasteiger charge is 2.35. The molecule has 0 aromatic heterocycles. The van der Waals surface area contributed by atoms with E-state index in [9.17, 15) is 0 Å². The Morgan fingerprint density at radius 1 is 1.40 bits per heavy atom. The number of hydrogen-bond acceptors (Lipinski definition) is 3. The lowest BCUT2D eigenvalue weighted by Crippen LogP contribution is -2.50. The summed E-state index contributed by atoms with van der Waals surface area (Å²) in [5.41, 5.74) is 8.92. The van der Waals surface area contributed by atoms with E-state index in [0.717, 1.165) is 31.1 Å². The van der Waals surface area contributed by atoms with E-state index in [0.29, 0.717) is 6.54 Å². The van der Waals surface area contributed by atoms with Gasteiger partial charge in [0.2, 0.25) is 0 Å². The minimum atomic E-state index is -0.0446. The molecule has 0 heterocycles. The van der Waals surface area contributed by atoms with Gasteiger partial charge in [0.1, 0.15) is 5.75 Å². The number of methoxy groups -OCH3 is 1. The fourth-order valence-electron chi connectivity index (χ4n) is 3.45. The van der Waals surface area contributed by atoms with Crippen molar-refractivity contribution in [2.24, 2.45) is 11.7 Å². The molecule has 0 aliphatic heterocycles. The standard InChI is InChI=1S/C17H26N2O/c1-20-15-7-6-14-3-2-9-17(12-18,16(14)11-15)19-10-8-13-4-5-13/h6-7,11,13,19H,2-5,8-10,12,18H2,1H3. The van der Waals surface area contributed by atoms with E-state index in [2.05, 4.69) is 23.5 Å². The van der Waals surface area contributed by atoms with Crippen LogP contribution in [0.2, 0.25) is 0 Å². The summed E-state index contributed by atoms with van der Waals surface area (Å²) in [6.07, 6.45) is 7.64. The van der Waals surface area contributed by atoms with Crippen LogP contribution in [0.15, 0.2) is 18.2 Å². The Hall–Kier alpha value is -1.06. The minimum absolute atomic E-state index is 0.0446. The molecule has 3 rings (SSSR count). The Kier molecular flexibility index (Phi) is 3.99. The summed E-state index contributed by atoms with van der Waals surface area (Å²) < 4.78 is 5.40. The third kappa shape index (κ3) is 2.70. The van der Waals surface area contributed by atoms with Crippen molar-refractivity contribution in [3.05, 3.63) is 29.3 Å². The molecule has 0 spiro atoms. The molecule has 1 fully saturated rings. The van der Waals surface area contributed by atoms with Crippen LogP contribution in [0.25, 0.3) is 0 Å². The third-order valence-corrected chi connectivity index (χ3v) is 4.94. The van der Waals surface area contributed by atoms with Crippen molar-refractivity contribution in [1.29, 1.82) is 0 Å². The first-order valence-electron chi connectivity index (χ1n) is 7.90. The number of nitrogens with one attached hydrogen (secondary N) is 1. The number of hydrogen-bond donors (Lipinski definition) is 2. The number of fused-ring (bicyclic) bond motifs is 1. The highest BCUT2D eigenvalue weighted by molar-refractivity contribution is 5.42. The second kappa shape index (κ2) is 5.74. The lowest BCUT2D eigenvalue weighted by Gasteiger charge is -2.39. The molecule has 0 saturated heterocycles. The van der Waals surface area contributed by atoms with Gasteiger partial charge in [0.05, 0.1) is 12.6 Å². The minimum Gasteiger partial charge on any atom is -0.497 e. The molecule has 3 heteroatoms. The van der Waals surface area contributed by atoms with Crippen molar-refractivity contribution < 1.29 is 4.74 Å². The zero-order valence-electron chi connectivity index (χ0n) is 12.5. The summed E-state index contributed by atoms with van der Waals surface area (Å²) in [6, 6.07) is 6.46. The molecule has 1 saturated carbocycles.